The fourth-order valence-electron chi connectivity index (χ4n) is 3.43. The second-order valence-corrected chi connectivity index (χ2v) is 8.48. The number of hydrogen-bond acceptors (Lipinski definition) is 7. The molecule has 0 saturated heterocycles. The Hall–Kier alpha value is -3.52. The number of rotatable bonds is 11. The molecular formula is C26H27NO6S. The van der Waals surface area contributed by atoms with Crippen LogP contribution in [0.5, 0.6) is 0 Å². The summed E-state index contributed by atoms with van der Waals surface area (Å²) in [6.07, 6.45) is 0.258. The van der Waals surface area contributed by atoms with E-state index in [-0.39, 0.29) is 31.6 Å². The molecule has 0 spiro atoms. The average Bonchev–Trinajstić information content (AvgIpc) is 3.22. The van der Waals surface area contributed by atoms with Crippen molar-refractivity contribution in [3.8, 4) is 0 Å². The van der Waals surface area contributed by atoms with Crippen LogP contribution in [0.4, 0.5) is 0 Å². The van der Waals surface area contributed by atoms with Crippen molar-refractivity contribution in [3.05, 3.63) is 88.7 Å². The first-order chi connectivity index (χ1) is 16.5. The zero-order chi connectivity index (χ0) is 24.3. The van der Waals surface area contributed by atoms with E-state index in [2.05, 4.69) is 4.98 Å². The highest BCUT2D eigenvalue weighted by Gasteiger charge is 2.25. The molecule has 0 atom stereocenters. The van der Waals surface area contributed by atoms with Crippen LogP contribution >= 0.6 is 11.8 Å². The van der Waals surface area contributed by atoms with Crippen LogP contribution in [-0.2, 0) is 49.0 Å². The molecule has 8 heteroatoms. The number of esters is 3. The number of aromatic amines is 1. The number of nitrogens with one attached hydrogen (secondary N) is 1. The van der Waals surface area contributed by atoms with Gasteiger partial charge in [-0.1, -0.05) is 48.5 Å². The zero-order valence-electron chi connectivity index (χ0n) is 19.2. The van der Waals surface area contributed by atoms with Gasteiger partial charge in [0.2, 0.25) is 0 Å². The Bertz CT molecular complexity index is 1110. The monoisotopic (exact) mass is 481 g/mol. The van der Waals surface area contributed by atoms with Crippen LogP contribution in [-0.4, -0.2) is 37.1 Å². The Morgan fingerprint density at radius 1 is 0.853 bits per heavy atom. The van der Waals surface area contributed by atoms with Gasteiger partial charge in [0.25, 0.3) is 0 Å². The predicted molar refractivity (Wildman–Crippen MR) is 128 cm³/mol. The molecular weight excluding hydrogens is 454 g/mol. The first-order valence-electron chi connectivity index (χ1n) is 10.8. The van der Waals surface area contributed by atoms with E-state index < -0.39 is 17.9 Å². The molecule has 3 rings (SSSR count). The molecule has 2 aromatic carbocycles. The minimum Gasteiger partial charge on any atom is -0.469 e. The topological polar surface area (TPSA) is 94.7 Å². The van der Waals surface area contributed by atoms with Crippen LogP contribution in [0, 0.1) is 0 Å². The van der Waals surface area contributed by atoms with E-state index in [0.717, 1.165) is 10.5 Å². The van der Waals surface area contributed by atoms with Gasteiger partial charge in [-0.3, -0.25) is 9.59 Å². The Kier molecular flexibility index (Phi) is 9.34. The first kappa shape index (κ1) is 25.1. The Morgan fingerprint density at radius 2 is 1.50 bits per heavy atom. The van der Waals surface area contributed by atoms with Gasteiger partial charge in [-0.25, -0.2) is 4.79 Å². The Balaban J connectivity index is 1.91. The van der Waals surface area contributed by atoms with Crippen LogP contribution in [0.2, 0.25) is 0 Å². The highest BCUT2D eigenvalue weighted by molar-refractivity contribution is 7.98. The standard InChI is InChI=1S/C26H27NO6S/c1-31-23(28)14-13-20-21(15-24(29)32-2)22(17-34-19-11-7-4-8-12-19)27-25(20)26(30)33-16-18-9-5-3-6-10-18/h3-12,27H,13-17H2,1-2H3. The van der Waals surface area contributed by atoms with E-state index in [9.17, 15) is 14.4 Å². The van der Waals surface area contributed by atoms with Gasteiger partial charge in [-0.15, -0.1) is 11.8 Å². The Labute approximate surface area is 202 Å². The van der Waals surface area contributed by atoms with Crippen molar-refractivity contribution < 1.29 is 28.6 Å². The second kappa shape index (κ2) is 12.6. The highest BCUT2D eigenvalue weighted by Crippen LogP contribution is 2.29. The van der Waals surface area contributed by atoms with Crippen molar-refractivity contribution in [2.24, 2.45) is 0 Å². The molecule has 0 aliphatic carbocycles. The molecule has 0 amide bonds. The third-order valence-electron chi connectivity index (χ3n) is 5.21. The highest BCUT2D eigenvalue weighted by atomic mass is 32.2. The van der Waals surface area contributed by atoms with Crippen molar-refractivity contribution in [3.63, 3.8) is 0 Å². The number of aromatic nitrogens is 1. The summed E-state index contributed by atoms with van der Waals surface area (Å²) < 4.78 is 15.2. The van der Waals surface area contributed by atoms with Gasteiger partial charge in [-0.05, 0) is 35.2 Å². The van der Waals surface area contributed by atoms with Gasteiger partial charge in [0.15, 0.2) is 0 Å². The van der Waals surface area contributed by atoms with E-state index in [1.165, 1.54) is 14.2 Å². The molecule has 0 aliphatic rings. The molecule has 0 fully saturated rings. The van der Waals surface area contributed by atoms with Gasteiger partial charge in [-0.2, -0.15) is 0 Å². The van der Waals surface area contributed by atoms with E-state index in [4.69, 9.17) is 14.2 Å². The summed E-state index contributed by atoms with van der Waals surface area (Å²) in [5.74, 6) is -0.902. The molecule has 7 nitrogen and oxygen atoms in total. The summed E-state index contributed by atoms with van der Waals surface area (Å²) in [6, 6.07) is 19.2. The van der Waals surface area contributed by atoms with Crippen molar-refractivity contribution in [1.82, 2.24) is 4.98 Å². The number of carbonyl (C=O) groups is 3. The maximum Gasteiger partial charge on any atom is 0.355 e. The lowest BCUT2D eigenvalue weighted by Gasteiger charge is -2.09. The fraction of sp³-hybridized carbons (Fsp3) is 0.269. The minimum atomic E-state index is -0.550. The molecule has 0 aliphatic heterocycles. The maximum atomic E-state index is 13.1. The predicted octanol–water partition coefficient (Wildman–Crippen LogP) is 4.49. The summed E-state index contributed by atoms with van der Waals surface area (Å²) in [5.41, 5.74) is 3.02. The fourth-order valence-corrected chi connectivity index (χ4v) is 4.34. The molecule has 178 valence electrons. The first-order valence-corrected chi connectivity index (χ1v) is 11.8. The molecule has 34 heavy (non-hydrogen) atoms. The molecule has 0 radical (unpaired) electrons. The van der Waals surface area contributed by atoms with Crippen molar-refractivity contribution in [2.45, 2.75) is 36.5 Å². The van der Waals surface area contributed by atoms with Crippen molar-refractivity contribution >= 4 is 29.7 Å². The second-order valence-electron chi connectivity index (χ2n) is 7.43. The lowest BCUT2D eigenvalue weighted by molar-refractivity contribution is -0.140. The van der Waals surface area contributed by atoms with Gasteiger partial charge in [0.05, 0.1) is 20.6 Å². The summed E-state index contributed by atoms with van der Waals surface area (Å²) >= 11 is 1.57. The normalized spacial score (nSPS) is 10.5. The van der Waals surface area contributed by atoms with Gasteiger partial charge in [0, 0.05) is 22.8 Å². The lowest BCUT2D eigenvalue weighted by Crippen LogP contribution is -2.12. The third kappa shape index (κ3) is 6.99. The number of methoxy groups -OCH3 is 2. The van der Waals surface area contributed by atoms with Crippen LogP contribution in [0.1, 0.15) is 39.3 Å². The lowest BCUT2D eigenvalue weighted by atomic mass is 10.0. The third-order valence-corrected chi connectivity index (χ3v) is 6.24. The zero-order valence-corrected chi connectivity index (χ0v) is 20.0. The molecule has 0 unspecified atom stereocenters. The summed E-state index contributed by atoms with van der Waals surface area (Å²) in [7, 11) is 2.63. The SMILES string of the molecule is COC(=O)CCc1c(C(=O)OCc2ccccc2)[nH]c(CSc2ccccc2)c1CC(=O)OC. The molecule has 3 aromatic rings. The minimum absolute atomic E-state index is 0.0276. The molecule has 1 aromatic heterocycles. The smallest absolute Gasteiger partial charge is 0.355 e. The summed E-state index contributed by atoms with van der Waals surface area (Å²) in [4.78, 5) is 41.3. The van der Waals surface area contributed by atoms with Crippen LogP contribution in [0.3, 0.4) is 0 Å². The molecule has 0 saturated carbocycles. The van der Waals surface area contributed by atoms with Crippen LogP contribution in [0.15, 0.2) is 65.6 Å². The molecule has 1 N–H and O–H groups in total. The van der Waals surface area contributed by atoms with E-state index in [1.807, 2.05) is 60.7 Å². The number of carbonyl (C=O) groups excluding carboxylic acids is 3. The van der Waals surface area contributed by atoms with E-state index in [1.54, 1.807) is 11.8 Å². The van der Waals surface area contributed by atoms with Crippen LogP contribution in [0.25, 0.3) is 0 Å². The van der Waals surface area contributed by atoms with Gasteiger partial charge >= 0.3 is 17.9 Å². The number of hydrogen-bond donors (Lipinski definition) is 1. The van der Waals surface area contributed by atoms with Crippen molar-refractivity contribution in [1.29, 1.82) is 0 Å². The maximum absolute atomic E-state index is 13.1. The quantitative estimate of drug-likeness (QED) is 0.245. The van der Waals surface area contributed by atoms with Crippen LogP contribution < -0.4 is 0 Å². The average molecular weight is 482 g/mol. The van der Waals surface area contributed by atoms with Gasteiger partial charge < -0.3 is 19.2 Å². The number of thioether (sulfide) groups is 1. The summed E-state index contributed by atoms with van der Waals surface area (Å²) in [6.45, 7) is 0.107. The Morgan fingerprint density at radius 3 is 2.15 bits per heavy atom. The summed E-state index contributed by atoms with van der Waals surface area (Å²) in [5, 5.41) is 0. The number of benzene rings is 2. The van der Waals surface area contributed by atoms with E-state index >= 15 is 0 Å². The molecule has 1 heterocycles. The van der Waals surface area contributed by atoms with E-state index in [0.29, 0.717) is 22.6 Å². The van der Waals surface area contributed by atoms with Crippen molar-refractivity contribution in [2.75, 3.05) is 14.2 Å². The number of ether oxygens (including phenoxy) is 3. The number of H-pyrrole nitrogens is 1. The molecule has 0 bridgehead atoms. The van der Waals surface area contributed by atoms with Gasteiger partial charge in [0.1, 0.15) is 12.3 Å². The largest absolute Gasteiger partial charge is 0.469 e.